The van der Waals surface area contributed by atoms with Gasteiger partial charge in [-0.1, -0.05) is 0 Å². The van der Waals surface area contributed by atoms with Crippen LogP contribution in [-0.4, -0.2) is 29.2 Å². The molecule has 2 unspecified atom stereocenters. The van der Waals surface area contributed by atoms with Gasteiger partial charge >= 0.3 is 0 Å². The standard InChI is InChI=1S/C8H17NS2/c1-7-6-11-8(9-7)4-3-5-10-2/h7-9H,3-6H2,1-2H3. The third-order valence-electron chi connectivity index (χ3n) is 1.83. The zero-order valence-corrected chi connectivity index (χ0v) is 8.93. The fraction of sp³-hybridized carbons (Fsp3) is 1.00. The van der Waals surface area contributed by atoms with Crippen LogP contribution in [0.25, 0.3) is 0 Å². The lowest BCUT2D eigenvalue weighted by atomic mass is 10.3. The largest absolute Gasteiger partial charge is 0.302 e. The Labute approximate surface area is 78.1 Å². The Bertz CT molecular complexity index is 108. The average Bonchev–Trinajstić information content (AvgIpc) is 2.37. The topological polar surface area (TPSA) is 12.0 Å². The van der Waals surface area contributed by atoms with Crippen molar-refractivity contribution in [2.24, 2.45) is 0 Å². The van der Waals surface area contributed by atoms with E-state index in [0.717, 1.165) is 11.4 Å². The summed E-state index contributed by atoms with van der Waals surface area (Å²) in [7, 11) is 0. The molecule has 0 aliphatic carbocycles. The van der Waals surface area contributed by atoms with Crippen LogP contribution < -0.4 is 5.32 Å². The van der Waals surface area contributed by atoms with Gasteiger partial charge in [-0.25, -0.2) is 0 Å². The first kappa shape index (κ1) is 9.75. The second-order valence-electron chi connectivity index (χ2n) is 3.02. The maximum absolute atomic E-state index is 3.57. The third-order valence-corrected chi connectivity index (χ3v) is 4.00. The number of thioether (sulfide) groups is 2. The first-order chi connectivity index (χ1) is 5.33. The zero-order valence-electron chi connectivity index (χ0n) is 7.30. The van der Waals surface area contributed by atoms with Gasteiger partial charge < -0.3 is 5.32 Å². The van der Waals surface area contributed by atoms with Crippen molar-refractivity contribution >= 4 is 23.5 Å². The number of hydrogen-bond donors (Lipinski definition) is 1. The van der Waals surface area contributed by atoms with Crippen LogP contribution in [0.1, 0.15) is 19.8 Å². The average molecular weight is 191 g/mol. The van der Waals surface area contributed by atoms with Crippen molar-refractivity contribution in [3.63, 3.8) is 0 Å². The van der Waals surface area contributed by atoms with Gasteiger partial charge in [0.15, 0.2) is 0 Å². The smallest absolute Gasteiger partial charge is 0.0535 e. The lowest BCUT2D eigenvalue weighted by Gasteiger charge is -2.09. The minimum atomic E-state index is 0.735. The van der Waals surface area contributed by atoms with Crippen LogP contribution in [0.15, 0.2) is 0 Å². The van der Waals surface area contributed by atoms with Gasteiger partial charge in [0.2, 0.25) is 0 Å². The van der Waals surface area contributed by atoms with Crippen LogP contribution in [-0.2, 0) is 0 Å². The summed E-state index contributed by atoms with van der Waals surface area (Å²) >= 11 is 4.03. The Morgan fingerprint density at radius 1 is 1.64 bits per heavy atom. The predicted octanol–water partition coefficient (Wildman–Crippen LogP) is 2.18. The van der Waals surface area contributed by atoms with Crippen LogP contribution >= 0.6 is 23.5 Å². The van der Waals surface area contributed by atoms with Gasteiger partial charge in [-0.15, -0.1) is 11.8 Å². The Morgan fingerprint density at radius 3 is 3.00 bits per heavy atom. The lowest BCUT2D eigenvalue weighted by Crippen LogP contribution is -2.26. The van der Waals surface area contributed by atoms with Crippen molar-refractivity contribution in [3.05, 3.63) is 0 Å². The molecule has 0 bridgehead atoms. The quantitative estimate of drug-likeness (QED) is 0.684. The predicted molar refractivity (Wildman–Crippen MR) is 56.5 cm³/mol. The summed E-state index contributed by atoms with van der Waals surface area (Å²) in [6, 6.07) is 0.735. The second kappa shape index (κ2) is 5.33. The van der Waals surface area contributed by atoms with Crippen molar-refractivity contribution in [2.45, 2.75) is 31.2 Å². The Hall–Kier alpha value is 0.660. The first-order valence-corrected chi connectivity index (χ1v) is 6.64. The Morgan fingerprint density at radius 2 is 2.45 bits per heavy atom. The van der Waals surface area contributed by atoms with E-state index in [1.807, 2.05) is 11.8 Å². The minimum Gasteiger partial charge on any atom is -0.302 e. The molecule has 1 aliphatic heterocycles. The van der Waals surface area contributed by atoms with Gasteiger partial charge in [0.25, 0.3) is 0 Å². The van der Waals surface area contributed by atoms with E-state index < -0.39 is 0 Å². The normalized spacial score (nSPS) is 31.1. The molecule has 0 amide bonds. The van der Waals surface area contributed by atoms with Gasteiger partial charge in [-0.2, -0.15) is 11.8 Å². The Balaban J connectivity index is 1.99. The van der Waals surface area contributed by atoms with Crippen molar-refractivity contribution in [1.29, 1.82) is 0 Å². The Kier molecular flexibility index (Phi) is 4.72. The molecule has 0 aromatic carbocycles. The minimum absolute atomic E-state index is 0.735. The van der Waals surface area contributed by atoms with Gasteiger partial charge in [-0.05, 0) is 31.8 Å². The summed E-state index contributed by atoms with van der Waals surface area (Å²) in [5.74, 6) is 2.61. The van der Waals surface area contributed by atoms with Crippen LogP contribution in [0.4, 0.5) is 0 Å². The number of rotatable bonds is 4. The molecule has 0 spiro atoms. The molecule has 1 rings (SSSR count). The zero-order chi connectivity index (χ0) is 8.10. The molecule has 2 atom stereocenters. The summed E-state index contributed by atoms with van der Waals surface area (Å²) in [4.78, 5) is 0. The molecule has 3 heteroatoms. The lowest BCUT2D eigenvalue weighted by molar-refractivity contribution is 0.571. The highest BCUT2D eigenvalue weighted by Crippen LogP contribution is 2.22. The summed E-state index contributed by atoms with van der Waals surface area (Å²) in [6.45, 7) is 2.27. The molecule has 1 fully saturated rings. The maximum Gasteiger partial charge on any atom is 0.0535 e. The maximum atomic E-state index is 3.57. The fourth-order valence-electron chi connectivity index (χ4n) is 1.25. The van der Waals surface area contributed by atoms with E-state index in [-0.39, 0.29) is 0 Å². The molecule has 1 aliphatic rings. The number of nitrogens with one attached hydrogen (secondary N) is 1. The molecule has 11 heavy (non-hydrogen) atoms. The SMILES string of the molecule is CSCCCC1NC(C)CS1. The molecule has 66 valence electrons. The van der Waals surface area contributed by atoms with Crippen LogP contribution in [0.5, 0.6) is 0 Å². The summed E-state index contributed by atoms with van der Waals surface area (Å²) < 4.78 is 0. The molecule has 1 nitrogen and oxygen atoms in total. The van der Waals surface area contributed by atoms with Crippen molar-refractivity contribution < 1.29 is 0 Å². The highest BCUT2D eigenvalue weighted by molar-refractivity contribution is 8.00. The highest BCUT2D eigenvalue weighted by Gasteiger charge is 2.19. The van der Waals surface area contributed by atoms with E-state index in [9.17, 15) is 0 Å². The van der Waals surface area contributed by atoms with E-state index in [0.29, 0.717) is 0 Å². The van der Waals surface area contributed by atoms with Crippen LogP contribution in [0.2, 0.25) is 0 Å². The monoisotopic (exact) mass is 191 g/mol. The van der Waals surface area contributed by atoms with Crippen molar-refractivity contribution in [1.82, 2.24) is 5.32 Å². The molecule has 0 radical (unpaired) electrons. The van der Waals surface area contributed by atoms with Crippen LogP contribution in [0, 0.1) is 0 Å². The second-order valence-corrected chi connectivity index (χ2v) is 5.25. The molecular formula is C8H17NS2. The molecule has 0 aromatic rings. The molecule has 0 aromatic heterocycles. The van der Waals surface area contributed by atoms with E-state index in [2.05, 4.69) is 30.3 Å². The molecule has 1 saturated heterocycles. The van der Waals surface area contributed by atoms with E-state index in [1.54, 1.807) is 0 Å². The number of hydrogen-bond acceptors (Lipinski definition) is 3. The van der Waals surface area contributed by atoms with Gasteiger partial charge in [-0.3, -0.25) is 0 Å². The van der Waals surface area contributed by atoms with Gasteiger partial charge in [0, 0.05) is 11.8 Å². The van der Waals surface area contributed by atoms with Gasteiger partial charge in [0.05, 0.1) is 5.37 Å². The highest BCUT2D eigenvalue weighted by atomic mass is 32.2. The van der Waals surface area contributed by atoms with Crippen LogP contribution in [0.3, 0.4) is 0 Å². The third kappa shape index (κ3) is 3.72. The summed E-state index contributed by atoms with van der Waals surface area (Å²) in [5.41, 5.74) is 0. The first-order valence-electron chi connectivity index (χ1n) is 4.19. The van der Waals surface area contributed by atoms with Crippen molar-refractivity contribution in [3.8, 4) is 0 Å². The summed E-state index contributed by atoms with van der Waals surface area (Å²) in [6.07, 6.45) is 4.88. The molecule has 1 N–H and O–H groups in total. The molecular weight excluding hydrogens is 174 g/mol. The summed E-state index contributed by atoms with van der Waals surface area (Å²) in [5, 5.41) is 4.31. The van der Waals surface area contributed by atoms with Gasteiger partial charge in [0.1, 0.15) is 0 Å². The van der Waals surface area contributed by atoms with E-state index in [4.69, 9.17) is 0 Å². The van der Waals surface area contributed by atoms with E-state index in [1.165, 1.54) is 24.3 Å². The fourth-order valence-corrected chi connectivity index (χ4v) is 2.99. The molecule has 0 saturated carbocycles. The van der Waals surface area contributed by atoms with Crippen molar-refractivity contribution in [2.75, 3.05) is 17.8 Å². The van der Waals surface area contributed by atoms with E-state index >= 15 is 0 Å². The molecule has 1 heterocycles.